The molecule has 3 unspecified atom stereocenters. The van der Waals surface area contributed by atoms with Gasteiger partial charge in [0.25, 0.3) is 0 Å². The van der Waals surface area contributed by atoms with Crippen molar-refractivity contribution in [1.29, 1.82) is 0 Å². The predicted molar refractivity (Wildman–Crippen MR) is 76.7 cm³/mol. The van der Waals surface area contributed by atoms with Crippen LogP contribution in [0.5, 0.6) is 0 Å². The van der Waals surface area contributed by atoms with E-state index in [0.717, 1.165) is 18.0 Å². The Morgan fingerprint density at radius 1 is 1.17 bits per heavy atom. The quantitative estimate of drug-likeness (QED) is 0.731. The minimum atomic E-state index is 0.794. The molecule has 1 saturated carbocycles. The van der Waals surface area contributed by atoms with Crippen molar-refractivity contribution < 1.29 is 0 Å². The molecule has 1 heterocycles. The van der Waals surface area contributed by atoms with E-state index in [9.17, 15) is 0 Å². The first-order valence-electron chi connectivity index (χ1n) is 8.08. The zero-order chi connectivity index (χ0) is 12.2. The minimum Gasteiger partial charge on any atom is -0.314 e. The van der Waals surface area contributed by atoms with Crippen LogP contribution in [-0.2, 0) is 0 Å². The summed E-state index contributed by atoms with van der Waals surface area (Å²) in [6.07, 6.45) is 14.9. The summed E-state index contributed by atoms with van der Waals surface area (Å²) in [7, 11) is 0. The van der Waals surface area contributed by atoms with Crippen molar-refractivity contribution in [2.45, 2.75) is 69.9 Å². The summed E-state index contributed by atoms with van der Waals surface area (Å²) in [4.78, 5) is 0. The second-order valence-corrected chi connectivity index (χ2v) is 6.36. The topological polar surface area (TPSA) is 24.1 Å². The molecule has 0 aromatic heterocycles. The molecule has 18 heavy (non-hydrogen) atoms. The van der Waals surface area contributed by atoms with Gasteiger partial charge in [-0.05, 0) is 70.4 Å². The summed E-state index contributed by atoms with van der Waals surface area (Å²) in [6.45, 7) is 2.46. The first-order chi connectivity index (χ1) is 8.93. The SMILES string of the molecule is C1=C(CCNC2CCCC2C2CCCN2)CCC1. The summed E-state index contributed by atoms with van der Waals surface area (Å²) >= 11 is 0. The maximum absolute atomic E-state index is 3.85. The van der Waals surface area contributed by atoms with E-state index in [1.807, 2.05) is 0 Å². The molecule has 0 bridgehead atoms. The van der Waals surface area contributed by atoms with Gasteiger partial charge in [-0.3, -0.25) is 0 Å². The standard InChI is InChI=1S/C16H28N2/c1-2-6-13(5-1)10-12-18-15-8-3-7-14(15)16-9-4-11-17-16/h5,14-18H,1-4,6-12H2. The summed E-state index contributed by atoms with van der Waals surface area (Å²) in [5.41, 5.74) is 1.70. The molecule has 0 spiro atoms. The fourth-order valence-corrected chi connectivity index (χ4v) is 4.18. The van der Waals surface area contributed by atoms with Crippen LogP contribution in [0.1, 0.15) is 57.8 Å². The molecule has 0 aromatic carbocycles. The highest BCUT2D eigenvalue weighted by atomic mass is 15.0. The Hall–Kier alpha value is -0.340. The van der Waals surface area contributed by atoms with E-state index in [-0.39, 0.29) is 0 Å². The summed E-state index contributed by atoms with van der Waals surface area (Å²) in [5.74, 6) is 0.907. The number of hydrogen-bond donors (Lipinski definition) is 2. The van der Waals surface area contributed by atoms with E-state index in [4.69, 9.17) is 0 Å². The number of nitrogens with one attached hydrogen (secondary N) is 2. The Balaban J connectivity index is 1.43. The zero-order valence-corrected chi connectivity index (χ0v) is 11.6. The van der Waals surface area contributed by atoms with Gasteiger partial charge in [0.05, 0.1) is 0 Å². The molecule has 2 aliphatic carbocycles. The molecule has 3 rings (SSSR count). The lowest BCUT2D eigenvalue weighted by atomic mass is 9.93. The summed E-state index contributed by atoms with van der Waals surface area (Å²) in [6, 6.07) is 1.61. The fourth-order valence-electron chi connectivity index (χ4n) is 4.18. The van der Waals surface area contributed by atoms with Gasteiger partial charge in [-0.2, -0.15) is 0 Å². The van der Waals surface area contributed by atoms with Crippen molar-refractivity contribution in [2.24, 2.45) is 5.92 Å². The Morgan fingerprint density at radius 2 is 2.17 bits per heavy atom. The second-order valence-electron chi connectivity index (χ2n) is 6.36. The molecule has 3 atom stereocenters. The molecule has 0 aromatic rings. The molecule has 102 valence electrons. The highest BCUT2D eigenvalue weighted by molar-refractivity contribution is 5.07. The van der Waals surface area contributed by atoms with E-state index in [0.29, 0.717) is 0 Å². The zero-order valence-electron chi connectivity index (χ0n) is 11.6. The molecule has 0 amide bonds. The van der Waals surface area contributed by atoms with Gasteiger partial charge in [0.1, 0.15) is 0 Å². The van der Waals surface area contributed by atoms with Crippen molar-refractivity contribution in [2.75, 3.05) is 13.1 Å². The molecule has 2 nitrogen and oxygen atoms in total. The number of hydrogen-bond acceptors (Lipinski definition) is 2. The fraction of sp³-hybridized carbons (Fsp3) is 0.875. The van der Waals surface area contributed by atoms with Crippen LogP contribution in [0.2, 0.25) is 0 Å². The van der Waals surface area contributed by atoms with Crippen molar-refractivity contribution in [3.63, 3.8) is 0 Å². The van der Waals surface area contributed by atoms with E-state index in [1.54, 1.807) is 5.57 Å². The van der Waals surface area contributed by atoms with Crippen molar-refractivity contribution in [1.82, 2.24) is 10.6 Å². The van der Waals surface area contributed by atoms with Gasteiger partial charge in [0, 0.05) is 12.1 Å². The van der Waals surface area contributed by atoms with E-state index >= 15 is 0 Å². The lowest BCUT2D eigenvalue weighted by molar-refractivity contribution is 0.322. The minimum absolute atomic E-state index is 0.794. The smallest absolute Gasteiger partial charge is 0.0111 e. The predicted octanol–water partition coefficient (Wildman–Crippen LogP) is 3.00. The van der Waals surface area contributed by atoms with Crippen molar-refractivity contribution in [3.8, 4) is 0 Å². The van der Waals surface area contributed by atoms with Crippen LogP contribution < -0.4 is 10.6 Å². The highest BCUT2D eigenvalue weighted by Gasteiger charge is 2.34. The normalized spacial score (nSPS) is 36.2. The Labute approximate surface area is 112 Å². The average Bonchev–Trinajstić information content (AvgIpc) is 3.12. The van der Waals surface area contributed by atoms with Crippen LogP contribution >= 0.6 is 0 Å². The molecule has 0 radical (unpaired) electrons. The molecule has 2 fully saturated rings. The molecule has 1 aliphatic heterocycles. The molecule has 2 N–H and O–H groups in total. The van der Waals surface area contributed by atoms with Crippen molar-refractivity contribution >= 4 is 0 Å². The van der Waals surface area contributed by atoms with E-state index in [1.165, 1.54) is 70.9 Å². The van der Waals surface area contributed by atoms with E-state index in [2.05, 4.69) is 16.7 Å². The lowest BCUT2D eigenvalue weighted by Crippen LogP contribution is -2.42. The van der Waals surface area contributed by atoms with Crippen molar-refractivity contribution in [3.05, 3.63) is 11.6 Å². The van der Waals surface area contributed by atoms with Gasteiger partial charge in [-0.15, -0.1) is 0 Å². The maximum Gasteiger partial charge on any atom is 0.0111 e. The lowest BCUT2D eigenvalue weighted by Gasteiger charge is -2.26. The van der Waals surface area contributed by atoms with Crippen LogP contribution in [0.25, 0.3) is 0 Å². The van der Waals surface area contributed by atoms with Gasteiger partial charge in [-0.25, -0.2) is 0 Å². The third kappa shape index (κ3) is 2.97. The number of allylic oxidation sites excluding steroid dienone is 1. The van der Waals surface area contributed by atoms with Gasteiger partial charge >= 0.3 is 0 Å². The van der Waals surface area contributed by atoms with Crippen LogP contribution in [0.15, 0.2) is 11.6 Å². The third-order valence-corrected chi connectivity index (χ3v) is 5.17. The van der Waals surface area contributed by atoms with Crippen LogP contribution in [-0.4, -0.2) is 25.2 Å². The first-order valence-corrected chi connectivity index (χ1v) is 8.08. The van der Waals surface area contributed by atoms with Crippen LogP contribution in [0.3, 0.4) is 0 Å². The van der Waals surface area contributed by atoms with Crippen LogP contribution in [0.4, 0.5) is 0 Å². The summed E-state index contributed by atoms with van der Waals surface area (Å²) < 4.78 is 0. The molecular weight excluding hydrogens is 220 g/mol. The highest BCUT2D eigenvalue weighted by Crippen LogP contribution is 2.32. The van der Waals surface area contributed by atoms with Gasteiger partial charge in [-0.1, -0.05) is 18.1 Å². The maximum atomic E-state index is 3.85. The van der Waals surface area contributed by atoms with Gasteiger partial charge in [0.15, 0.2) is 0 Å². The van der Waals surface area contributed by atoms with Gasteiger partial charge in [0.2, 0.25) is 0 Å². The molecule has 3 aliphatic rings. The van der Waals surface area contributed by atoms with E-state index < -0.39 is 0 Å². The second kappa shape index (κ2) is 6.21. The Bertz CT molecular complexity index is 291. The molecule has 2 heteroatoms. The first kappa shape index (κ1) is 12.7. The largest absolute Gasteiger partial charge is 0.314 e. The Morgan fingerprint density at radius 3 is 2.94 bits per heavy atom. The molecule has 1 saturated heterocycles. The average molecular weight is 248 g/mol. The van der Waals surface area contributed by atoms with Crippen LogP contribution in [0, 0.1) is 5.92 Å². The monoisotopic (exact) mass is 248 g/mol. The summed E-state index contributed by atoms with van der Waals surface area (Å²) in [5, 5.41) is 7.56. The van der Waals surface area contributed by atoms with Gasteiger partial charge < -0.3 is 10.6 Å². The number of rotatable bonds is 5. The Kier molecular flexibility index (Phi) is 4.37. The third-order valence-electron chi connectivity index (χ3n) is 5.17. The molecular formula is C16H28N2.